The highest BCUT2D eigenvalue weighted by Crippen LogP contribution is 2.37. The molecule has 4 heteroatoms. The van der Waals surface area contributed by atoms with Gasteiger partial charge in [0, 0.05) is 19.3 Å². The van der Waals surface area contributed by atoms with Crippen molar-refractivity contribution in [3.8, 4) is 0 Å². The molecule has 148 valence electrons. The molecule has 0 aliphatic heterocycles. The minimum atomic E-state index is 0.152. The number of hydrogen-bond acceptors (Lipinski definition) is 2. The Morgan fingerprint density at radius 2 is 2.04 bits per heavy atom. The lowest BCUT2D eigenvalue weighted by Gasteiger charge is -2.38. The number of rotatable bonds is 4. The smallest absolute Gasteiger partial charge is 0.258 e. The number of nitrogens with zero attached hydrogens (tertiary/aromatic N) is 3. The SMILES string of the molecule is Cc1nn(C)c(C)c1C(=O)N(CC1CC=CCC1)C1CCCc2ccccc21. The van der Waals surface area contributed by atoms with Crippen LogP contribution in [0.25, 0.3) is 0 Å². The van der Waals surface area contributed by atoms with Gasteiger partial charge in [-0.3, -0.25) is 9.48 Å². The fourth-order valence-corrected chi connectivity index (χ4v) is 4.93. The standard InChI is InChI=1S/C24H31N3O/c1-17-23(18(2)26(3)25-17)24(28)27(16-19-10-5-4-6-11-19)22-15-9-13-20-12-7-8-14-21(20)22/h4-5,7-8,12,14,19,22H,6,9-11,13,15-16H2,1-3H3. The van der Waals surface area contributed by atoms with Crippen LogP contribution in [0.1, 0.15) is 71.0 Å². The molecule has 0 spiro atoms. The number of benzene rings is 1. The molecule has 0 saturated carbocycles. The predicted molar refractivity (Wildman–Crippen MR) is 112 cm³/mol. The van der Waals surface area contributed by atoms with Crippen molar-refractivity contribution in [1.82, 2.24) is 14.7 Å². The maximum Gasteiger partial charge on any atom is 0.258 e. The van der Waals surface area contributed by atoms with E-state index in [-0.39, 0.29) is 11.9 Å². The second-order valence-corrected chi connectivity index (χ2v) is 8.38. The summed E-state index contributed by atoms with van der Waals surface area (Å²) >= 11 is 0. The monoisotopic (exact) mass is 377 g/mol. The van der Waals surface area contributed by atoms with Crippen LogP contribution in [0.5, 0.6) is 0 Å². The summed E-state index contributed by atoms with van der Waals surface area (Å²) in [4.78, 5) is 16.0. The second-order valence-electron chi connectivity index (χ2n) is 8.38. The van der Waals surface area contributed by atoms with E-state index in [0.717, 1.165) is 55.6 Å². The van der Waals surface area contributed by atoms with Crippen LogP contribution in [0.2, 0.25) is 0 Å². The van der Waals surface area contributed by atoms with Gasteiger partial charge in [0.25, 0.3) is 5.91 Å². The summed E-state index contributed by atoms with van der Waals surface area (Å²) in [5.74, 6) is 0.694. The van der Waals surface area contributed by atoms with Gasteiger partial charge in [-0.15, -0.1) is 0 Å². The molecule has 2 aliphatic rings. The van der Waals surface area contributed by atoms with Gasteiger partial charge in [-0.2, -0.15) is 5.10 Å². The van der Waals surface area contributed by atoms with Crippen LogP contribution in [0.4, 0.5) is 0 Å². The Kier molecular flexibility index (Phi) is 5.38. The first-order chi connectivity index (χ1) is 13.6. The van der Waals surface area contributed by atoms with Gasteiger partial charge in [-0.05, 0) is 69.4 Å². The Balaban J connectivity index is 1.72. The summed E-state index contributed by atoms with van der Waals surface area (Å²) in [6, 6.07) is 8.86. The quantitative estimate of drug-likeness (QED) is 0.710. The Morgan fingerprint density at radius 1 is 1.21 bits per heavy atom. The minimum Gasteiger partial charge on any atom is -0.331 e. The maximum atomic E-state index is 13.8. The number of hydrogen-bond donors (Lipinski definition) is 0. The Hall–Kier alpha value is -2.36. The van der Waals surface area contributed by atoms with Crippen LogP contribution < -0.4 is 0 Å². The van der Waals surface area contributed by atoms with Gasteiger partial charge in [-0.25, -0.2) is 0 Å². The van der Waals surface area contributed by atoms with Crippen LogP contribution in [0.3, 0.4) is 0 Å². The predicted octanol–water partition coefficient (Wildman–Crippen LogP) is 4.91. The molecule has 2 aromatic rings. The summed E-state index contributed by atoms with van der Waals surface area (Å²) in [6.07, 6.45) is 11.2. The summed E-state index contributed by atoms with van der Waals surface area (Å²) in [5, 5.41) is 4.51. The molecular formula is C24H31N3O. The molecule has 1 amide bonds. The summed E-state index contributed by atoms with van der Waals surface area (Å²) in [5.41, 5.74) is 5.33. The van der Waals surface area contributed by atoms with Gasteiger partial charge in [0.05, 0.1) is 17.3 Å². The molecule has 4 nitrogen and oxygen atoms in total. The lowest BCUT2D eigenvalue weighted by molar-refractivity contribution is 0.0610. The fourth-order valence-electron chi connectivity index (χ4n) is 4.93. The highest BCUT2D eigenvalue weighted by molar-refractivity contribution is 5.96. The second kappa shape index (κ2) is 7.94. The number of amides is 1. The molecular weight excluding hydrogens is 346 g/mol. The number of carbonyl (C=O) groups excluding carboxylic acids is 1. The maximum absolute atomic E-state index is 13.8. The van der Waals surface area contributed by atoms with E-state index in [1.54, 1.807) is 0 Å². The average Bonchev–Trinajstić information content (AvgIpc) is 2.97. The first-order valence-electron chi connectivity index (χ1n) is 10.6. The Morgan fingerprint density at radius 3 is 2.75 bits per heavy atom. The molecule has 2 unspecified atom stereocenters. The van der Waals surface area contributed by atoms with Crippen molar-refractivity contribution in [3.05, 3.63) is 64.5 Å². The van der Waals surface area contributed by atoms with E-state index in [2.05, 4.69) is 46.4 Å². The highest BCUT2D eigenvalue weighted by Gasteiger charge is 2.33. The van der Waals surface area contributed by atoms with Crippen LogP contribution in [0, 0.1) is 19.8 Å². The third-order valence-corrected chi connectivity index (χ3v) is 6.53. The van der Waals surface area contributed by atoms with Gasteiger partial charge < -0.3 is 4.90 Å². The van der Waals surface area contributed by atoms with Gasteiger partial charge in [0.1, 0.15) is 0 Å². The van der Waals surface area contributed by atoms with E-state index in [9.17, 15) is 4.79 Å². The molecule has 2 atom stereocenters. The van der Waals surface area contributed by atoms with E-state index >= 15 is 0 Å². The number of allylic oxidation sites excluding steroid dienone is 2. The van der Waals surface area contributed by atoms with Gasteiger partial charge in [0.2, 0.25) is 0 Å². The van der Waals surface area contributed by atoms with E-state index < -0.39 is 0 Å². The van der Waals surface area contributed by atoms with Crippen LogP contribution in [-0.4, -0.2) is 27.1 Å². The molecule has 1 heterocycles. The van der Waals surface area contributed by atoms with E-state index in [0.29, 0.717) is 5.92 Å². The largest absolute Gasteiger partial charge is 0.331 e. The molecule has 2 aliphatic carbocycles. The van der Waals surface area contributed by atoms with Crippen LogP contribution >= 0.6 is 0 Å². The van der Waals surface area contributed by atoms with Gasteiger partial charge in [-0.1, -0.05) is 36.4 Å². The molecule has 0 saturated heterocycles. The van der Waals surface area contributed by atoms with E-state index in [1.807, 2.05) is 25.6 Å². The molecule has 28 heavy (non-hydrogen) atoms. The third-order valence-electron chi connectivity index (χ3n) is 6.53. The summed E-state index contributed by atoms with van der Waals surface area (Å²) < 4.78 is 1.83. The highest BCUT2D eigenvalue weighted by atomic mass is 16.2. The normalized spacial score (nSPS) is 21.4. The summed E-state index contributed by atoms with van der Waals surface area (Å²) in [7, 11) is 1.92. The first kappa shape index (κ1) is 19.0. The number of carbonyl (C=O) groups is 1. The van der Waals surface area contributed by atoms with Crippen LogP contribution in [-0.2, 0) is 13.5 Å². The topological polar surface area (TPSA) is 38.1 Å². The Bertz CT molecular complexity index is 895. The van der Waals surface area contributed by atoms with Crippen molar-refractivity contribution < 1.29 is 4.79 Å². The summed E-state index contributed by atoms with van der Waals surface area (Å²) in [6.45, 7) is 4.79. The molecule has 0 fully saturated rings. The van der Waals surface area contributed by atoms with Crippen molar-refractivity contribution in [3.63, 3.8) is 0 Å². The number of fused-ring (bicyclic) bond motifs is 1. The molecule has 1 aromatic heterocycles. The van der Waals surface area contributed by atoms with Gasteiger partial charge >= 0.3 is 0 Å². The van der Waals surface area contributed by atoms with Crippen molar-refractivity contribution in [2.24, 2.45) is 13.0 Å². The fraction of sp³-hybridized carbons (Fsp3) is 0.500. The third kappa shape index (κ3) is 3.52. The molecule has 0 bridgehead atoms. The zero-order valence-electron chi connectivity index (χ0n) is 17.3. The number of aromatic nitrogens is 2. The lowest BCUT2D eigenvalue weighted by Crippen LogP contribution is -2.40. The van der Waals surface area contributed by atoms with Crippen molar-refractivity contribution in [2.75, 3.05) is 6.54 Å². The first-order valence-corrected chi connectivity index (χ1v) is 10.6. The molecule has 4 rings (SSSR count). The molecule has 0 N–H and O–H groups in total. The lowest BCUT2D eigenvalue weighted by atomic mass is 9.85. The Labute approximate surface area is 168 Å². The van der Waals surface area contributed by atoms with Crippen molar-refractivity contribution in [2.45, 2.75) is 58.4 Å². The van der Waals surface area contributed by atoms with Crippen molar-refractivity contribution >= 4 is 5.91 Å². The van der Waals surface area contributed by atoms with Crippen molar-refractivity contribution in [1.29, 1.82) is 0 Å². The van der Waals surface area contributed by atoms with Gasteiger partial charge in [0.15, 0.2) is 0 Å². The van der Waals surface area contributed by atoms with Crippen LogP contribution in [0.15, 0.2) is 36.4 Å². The number of aryl methyl sites for hydroxylation is 3. The van der Waals surface area contributed by atoms with E-state index in [4.69, 9.17) is 0 Å². The molecule has 1 aromatic carbocycles. The van der Waals surface area contributed by atoms with E-state index in [1.165, 1.54) is 17.5 Å². The average molecular weight is 378 g/mol. The minimum absolute atomic E-state index is 0.152. The zero-order valence-corrected chi connectivity index (χ0v) is 17.3. The molecule has 0 radical (unpaired) electrons. The zero-order chi connectivity index (χ0) is 19.7.